The van der Waals surface area contributed by atoms with Gasteiger partial charge in [0.1, 0.15) is 5.82 Å². The maximum absolute atomic E-state index is 12.1. The van der Waals surface area contributed by atoms with E-state index in [1.165, 1.54) is 18.2 Å². The highest BCUT2D eigenvalue weighted by Gasteiger charge is 2.19. The van der Waals surface area contributed by atoms with Crippen LogP contribution in [0.15, 0.2) is 34.3 Å². The molecule has 10 heteroatoms. The number of nitrogens with one attached hydrogen (secondary N) is 2. The van der Waals surface area contributed by atoms with Gasteiger partial charge in [-0.1, -0.05) is 11.6 Å². The van der Waals surface area contributed by atoms with Crippen LogP contribution in [0.5, 0.6) is 0 Å². The van der Waals surface area contributed by atoms with E-state index in [0.29, 0.717) is 5.82 Å². The molecule has 0 saturated carbocycles. The van der Waals surface area contributed by atoms with Crippen LogP contribution in [-0.4, -0.2) is 33.1 Å². The van der Waals surface area contributed by atoms with Gasteiger partial charge in [0.25, 0.3) is 10.0 Å². The Hall–Kier alpha value is -1.58. The zero-order valence-corrected chi connectivity index (χ0v) is 13.5. The number of anilines is 1. The highest BCUT2D eigenvalue weighted by atomic mass is 35.5. The lowest BCUT2D eigenvalue weighted by atomic mass is 10.3. The summed E-state index contributed by atoms with van der Waals surface area (Å²) in [5, 5.41) is -0.0527. The van der Waals surface area contributed by atoms with Crippen molar-refractivity contribution in [1.82, 2.24) is 9.97 Å². The third-order valence-electron chi connectivity index (χ3n) is 2.58. The molecule has 0 atom stereocenters. The average Bonchev–Trinajstić information content (AvgIpc) is 2.78. The van der Waals surface area contributed by atoms with E-state index >= 15 is 0 Å². The lowest BCUT2D eigenvalue weighted by Gasteiger charge is -2.09. The van der Waals surface area contributed by atoms with Gasteiger partial charge in [-0.3, -0.25) is 4.72 Å². The highest BCUT2D eigenvalue weighted by Crippen LogP contribution is 2.27. The predicted molar refractivity (Wildman–Crippen MR) is 78.7 cm³/mol. The molecule has 0 saturated heterocycles. The number of rotatable bonds is 4. The molecule has 1 heterocycles. The molecule has 0 aliphatic rings. The Labute approximate surface area is 127 Å². The summed E-state index contributed by atoms with van der Waals surface area (Å²) in [6.45, 7) is 1.61. The smallest absolute Gasteiger partial charge is 0.279 e. The van der Waals surface area contributed by atoms with Crippen molar-refractivity contribution in [1.29, 1.82) is 0 Å². The fraction of sp³-hybridized carbons (Fsp3) is 0.182. The van der Waals surface area contributed by atoms with Crippen LogP contribution in [0, 0.1) is 6.92 Å². The van der Waals surface area contributed by atoms with E-state index in [-0.39, 0.29) is 20.6 Å². The average molecular weight is 350 g/mol. The molecule has 0 aliphatic carbocycles. The summed E-state index contributed by atoms with van der Waals surface area (Å²) < 4.78 is 49.5. The molecule has 1 aromatic carbocycles. The van der Waals surface area contributed by atoms with Crippen LogP contribution in [0.1, 0.15) is 5.82 Å². The molecule has 21 heavy (non-hydrogen) atoms. The van der Waals surface area contributed by atoms with Crippen molar-refractivity contribution in [2.24, 2.45) is 0 Å². The second kappa shape index (κ2) is 5.32. The molecule has 0 aliphatic heterocycles. The van der Waals surface area contributed by atoms with Crippen molar-refractivity contribution in [2.75, 3.05) is 11.0 Å². The van der Waals surface area contributed by atoms with Crippen LogP contribution < -0.4 is 4.72 Å². The summed E-state index contributed by atoms with van der Waals surface area (Å²) in [7, 11) is -7.40. The first-order chi connectivity index (χ1) is 9.59. The number of aromatic nitrogens is 2. The van der Waals surface area contributed by atoms with Crippen molar-refractivity contribution < 1.29 is 16.8 Å². The Balaban J connectivity index is 2.44. The SMILES string of the molecule is Cc1ncc(S(=O)(=O)Nc2cc(S(C)(=O)=O)ccc2Cl)[nH]1. The molecular weight excluding hydrogens is 338 g/mol. The number of sulfonamides is 1. The zero-order chi connectivity index (χ0) is 15.8. The van der Waals surface area contributed by atoms with E-state index in [1.54, 1.807) is 6.92 Å². The largest absolute Gasteiger partial charge is 0.332 e. The topological polar surface area (TPSA) is 109 Å². The number of hydrogen-bond acceptors (Lipinski definition) is 5. The van der Waals surface area contributed by atoms with E-state index in [1.807, 2.05) is 0 Å². The Bertz CT molecular complexity index is 888. The molecular formula is C11H12ClN3O4S2. The van der Waals surface area contributed by atoms with Gasteiger partial charge in [-0.05, 0) is 25.1 Å². The molecule has 0 fully saturated rings. The minimum Gasteiger partial charge on any atom is -0.332 e. The lowest BCUT2D eigenvalue weighted by Crippen LogP contribution is -2.14. The van der Waals surface area contributed by atoms with E-state index in [9.17, 15) is 16.8 Å². The predicted octanol–water partition coefficient (Wildman–Crippen LogP) is 1.58. The third kappa shape index (κ3) is 3.55. The summed E-state index contributed by atoms with van der Waals surface area (Å²) in [6, 6.07) is 3.78. The van der Waals surface area contributed by atoms with Crippen LogP contribution in [0.4, 0.5) is 5.69 Å². The molecule has 2 N–H and O–H groups in total. The molecule has 114 valence electrons. The number of halogens is 1. The maximum Gasteiger partial charge on any atom is 0.279 e. The molecule has 0 amide bonds. The third-order valence-corrected chi connectivity index (χ3v) is 5.29. The van der Waals surface area contributed by atoms with Crippen molar-refractivity contribution >= 4 is 37.1 Å². The number of aryl methyl sites for hydroxylation is 1. The quantitative estimate of drug-likeness (QED) is 0.870. The van der Waals surface area contributed by atoms with Gasteiger partial charge in [0, 0.05) is 6.26 Å². The summed E-state index contributed by atoms with van der Waals surface area (Å²) in [5.41, 5.74) is -0.0214. The highest BCUT2D eigenvalue weighted by molar-refractivity contribution is 7.92. The number of H-pyrrole nitrogens is 1. The van der Waals surface area contributed by atoms with E-state index < -0.39 is 19.9 Å². The van der Waals surface area contributed by atoms with Gasteiger partial charge in [-0.15, -0.1) is 0 Å². The molecule has 0 bridgehead atoms. The van der Waals surface area contributed by atoms with Crippen molar-refractivity contribution in [2.45, 2.75) is 16.8 Å². The van der Waals surface area contributed by atoms with Crippen LogP contribution in [0.25, 0.3) is 0 Å². The number of imidazole rings is 1. The second-order valence-corrected chi connectivity index (χ2v) is 8.43. The van der Waals surface area contributed by atoms with Gasteiger partial charge < -0.3 is 4.98 Å². The molecule has 2 aromatic rings. The van der Waals surface area contributed by atoms with Crippen molar-refractivity contribution in [3.05, 3.63) is 35.2 Å². The fourth-order valence-corrected chi connectivity index (χ4v) is 3.46. The van der Waals surface area contributed by atoms with Crippen molar-refractivity contribution in [3.63, 3.8) is 0 Å². The number of hydrogen-bond donors (Lipinski definition) is 2. The van der Waals surface area contributed by atoms with Crippen LogP contribution >= 0.6 is 11.6 Å². The molecule has 7 nitrogen and oxygen atoms in total. The van der Waals surface area contributed by atoms with Gasteiger partial charge in [-0.25, -0.2) is 13.4 Å². The monoisotopic (exact) mass is 349 g/mol. The van der Waals surface area contributed by atoms with Crippen LogP contribution in [0.2, 0.25) is 5.02 Å². The molecule has 2 rings (SSSR count). The molecule has 0 radical (unpaired) electrons. The first-order valence-electron chi connectivity index (χ1n) is 5.63. The van der Waals surface area contributed by atoms with E-state index in [0.717, 1.165) is 12.5 Å². The Morgan fingerprint density at radius 3 is 2.43 bits per heavy atom. The van der Waals surface area contributed by atoms with E-state index in [4.69, 9.17) is 11.6 Å². The Kier molecular flexibility index (Phi) is 4.00. The van der Waals surface area contributed by atoms with Crippen molar-refractivity contribution in [3.8, 4) is 0 Å². The first-order valence-corrected chi connectivity index (χ1v) is 9.39. The molecule has 1 aromatic heterocycles. The zero-order valence-electron chi connectivity index (χ0n) is 11.1. The van der Waals surface area contributed by atoms with Gasteiger partial charge in [-0.2, -0.15) is 8.42 Å². The lowest BCUT2D eigenvalue weighted by molar-refractivity contribution is 0.597. The first kappa shape index (κ1) is 15.8. The van der Waals surface area contributed by atoms with Crippen LogP contribution in [0.3, 0.4) is 0 Å². The van der Waals surface area contributed by atoms with Gasteiger partial charge in [0.2, 0.25) is 0 Å². The summed E-state index contributed by atoms with van der Waals surface area (Å²) in [4.78, 5) is 6.34. The summed E-state index contributed by atoms with van der Waals surface area (Å²) in [5.74, 6) is 0.436. The summed E-state index contributed by atoms with van der Waals surface area (Å²) in [6.07, 6.45) is 2.18. The van der Waals surface area contributed by atoms with Gasteiger partial charge in [0.05, 0.1) is 21.8 Å². The minimum absolute atomic E-state index is 0.0214. The Morgan fingerprint density at radius 2 is 1.90 bits per heavy atom. The number of benzene rings is 1. The minimum atomic E-state index is -3.92. The fourth-order valence-electron chi connectivity index (χ4n) is 1.55. The maximum atomic E-state index is 12.1. The Morgan fingerprint density at radius 1 is 1.24 bits per heavy atom. The molecule has 0 unspecified atom stereocenters. The number of nitrogens with zero attached hydrogens (tertiary/aromatic N) is 1. The number of sulfone groups is 1. The van der Waals surface area contributed by atoms with Gasteiger partial charge in [0.15, 0.2) is 14.9 Å². The van der Waals surface area contributed by atoms with Gasteiger partial charge >= 0.3 is 0 Å². The normalized spacial score (nSPS) is 12.3. The molecule has 0 spiro atoms. The van der Waals surface area contributed by atoms with Crippen LogP contribution in [-0.2, 0) is 19.9 Å². The summed E-state index contributed by atoms with van der Waals surface area (Å²) >= 11 is 5.90. The number of aromatic amines is 1. The van der Waals surface area contributed by atoms with E-state index in [2.05, 4.69) is 14.7 Å². The standard InChI is InChI=1S/C11H12ClN3O4S2/c1-7-13-6-11(14-7)21(18,19)15-10-5-8(20(2,16)17)3-4-9(10)12/h3-6,15H,1-2H3,(H,13,14). The second-order valence-electron chi connectivity index (χ2n) is 4.35.